The molecule has 0 aliphatic rings. The third kappa shape index (κ3) is 3.65. The number of rotatable bonds is 5. The molecule has 1 aromatic carbocycles. The number of hydrogen-bond acceptors (Lipinski definition) is 3. The SMILES string of the molecule is COc1cc(Cl)c(C=CC(=O)CCl)cc1OC. The van der Waals surface area contributed by atoms with Gasteiger partial charge in [-0.2, -0.15) is 0 Å². The summed E-state index contributed by atoms with van der Waals surface area (Å²) < 4.78 is 10.2. The standard InChI is InChI=1S/C12H12Cl2O3/c1-16-11-5-8(3-4-9(15)7-13)10(14)6-12(11)17-2/h3-6H,7H2,1-2H3. The molecule has 0 aliphatic carbocycles. The van der Waals surface area contributed by atoms with E-state index in [1.807, 2.05) is 0 Å². The van der Waals surface area contributed by atoms with Crippen LogP contribution >= 0.6 is 23.2 Å². The smallest absolute Gasteiger partial charge is 0.170 e. The van der Waals surface area contributed by atoms with Crippen LogP contribution in [0, 0.1) is 0 Å². The maximum atomic E-state index is 11.1. The summed E-state index contributed by atoms with van der Waals surface area (Å²) in [6, 6.07) is 3.32. The molecule has 0 bridgehead atoms. The van der Waals surface area contributed by atoms with Crippen molar-refractivity contribution in [3.63, 3.8) is 0 Å². The zero-order valence-corrected chi connectivity index (χ0v) is 11.0. The number of hydrogen-bond donors (Lipinski definition) is 0. The molecular weight excluding hydrogens is 263 g/mol. The predicted molar refractivity (Wildman–Crippen MR) is 69.3 cm³/mol. The number of allylic oxidation sites excluding steroid dienone is 1. The maximum absolute atomic E-state index is 11.1. The van der Waals surface area contributed by atoms with Gasteiger partial charge in [-0.25, -0.2) is 0 Å². The normalized spacial score (nSPS) is 10.6. The van der Waals surface area contributed by atoms with E-state index in [1.165, 1.54) is 20.3 Å². The van der Waals surface area contributed by atoms with Crippen LogP contribution in [-0.4, -0.2) is 25.9 Å². The predicted octanol–water partition coefficient (Wildman–Crippen LogP) is 3.18. The highest BCUT2D eigenvalue weighted by Gasteiger charge is 2.08. The summed E-state index contributed by atoms with van der Waals surface area (Å²) in [6.45, 7) is 0. The summed E-state index contributed by atoms with van der Waals surface area (Å²) in [5.41, 5.74) is 0.669. The molecule has 17 heavy (non-hydrogen) atoms. The van der Waals surface area contributed by atoms with Gasteiger partial charge in [-0.3, -0.25) is 4.79 Å². The summed E-state index contributed by atoms with van der Waals surface area (Å²) in [4.78, 5) is 11.1. The fourth-order valence-corrected chi connectivity index (χ4v) is 1.53. The van der Waals surface area contributed by atoms with Crippen molar-refractivity contribution in [3.05, 3.63) is 28.8 Å². The molecule has 0 N–H and O–H groups in total. The monoisotopic (exact) mass is 274 g/mol. The highest BCUT2D eigenvalue weighted by molar-refractivity contribution is 6.32. The van der Waals surface area contributed by atoms with E-state index in [2.05, 4.69) is 0 Å². The number of methoxy groups -OCH3 is 2. The molecule has 0 heterocycles. The molecule has 92 valence electrons. The van der Waals surface area contributed by atoms with Crippen LogP contribution in [0.5, 0.6) is 11.5 Å². The summed E-state index contributed by atoms with van der Waals surface area (Å²) in [5.74, 6) is 0.854. The maximum Gasteiger partial charge on any atom is 0.170 e. The average Bonchev–Trinajstić information content (AvgIpc) is 2.36. The van der Waals surface area contributed by atoms with Gasteiger partial charge in [-0.05, 0) is 23.8 Å². The van der Waals surface area contributed by atoms with E-state index >= 15 is 0 Å². The van der Waals surface area contributed by atoms with Gasteiger partial charge in [0.1, 0.15) is 0 Å². The van der Waals surface area contributed by atoms with E-state index in [0.29, 0.717) is 22.1 Å². The van der Waals surface area contributed by atoms with Gasteiger partial charge in [-0.1, -0.05) is 11.6 Å². The van der Waals surface area contributed by atoms with Crippen molar-refractivity contribution in [1.29, 1.82) is 0 Å². The lowest BCUT2D eigenvalue weighted by Gasteiger charge is -2.09. The van der Waals surface area contributed by atoms with Crippen molar-refractivity contribution in [3.8, 4) is 11.5 Å². The van der Waals surface area contributed by atoms with Crippen molar-refractivity contribution in [1.82, 2.24) is 0 Å². The van der Waals surface area contributed by atoms with E-state index in [1.54, 1.807) is 18.2 Å². The van der Waals surface area contributed by atoms with Crippen LogP contribution in [-0.2, 0) is 4.79 Å². The quantitative estimate of drug-likeness (QED) is 0.611. The Labute approximate surface area is 110 Å². The van der Waals surface area contributed by atoms with Gasteiger partial charge in [-0.15, -0.1) is 11.6 Å². The minimum absolute atomic E-state index is 0.0542. The zero-order valence-electron chi connectivity index (χ0n) is 9.50. The van der Waals surface area contributed by atoms with Crippen LogP contribution < -0.4 is 9.47 Å². The molecule has 0 atom stereocenters. The molecule has 0 amide bonds. The molecule has 0 fully saturated rings. The molecule has 0 saturated heterocycles. The van der Waals surface area contributed by atoms with Gasteiger partial charge in [0.25, 0.3) is 0 Å². The minimum atomic E-state index is -0.183. The molecule has 3 nitrogen and oxygen atoms in total. The Hall–Kier alpha value is -1.19. The Kier molecular flexibility index (Phi) is 5.32. The summed E-state index contributed by atoms with van der Waals surface area (Å²) >= 11 is 11.4. The topological polar surface area (TPSA) is 35.5 Å². The molecule has 0 aliphatic heterocycles. The summed E-state index contributed by atoms with van der Waals surface area (Å²) in [7, 11) is 3.06. The summed E-state index contributed by atoms with van der Waals surface area (Å²) in [5, 5.41) is 0.473. The Morgan fingerprint density at radius 1 is 1.29 bits per heavy atom. The third-order valence-electron chi connectivity index (χ3n) is 2.08. The van der Waals surface area contributed by atoms with Crippen molar-refractivity contribution in [2.24, 2.45) is 0 Å². The Bertz CT molecular complexity index is 442. The zero-order chi connectivity index (χ0) is 12.8. The van der Waals surface area contributed by atoms with Crippen LogP contribution in [0.25, 0.3) is 6.08 Å². The fraction of sp³-hybridized carbons (Fsp3) is 0.250. The van der Waals surface area contributed by atoms with Gasteiger partial charge in [0.2, 0.25) is 0 Å². The second kappa shape index (κ2) is 6.52. The number of carbonyl (C=O) groups is 1. The summed E-state index contributed by atoms with van der Waals surface area (Å²) in [6.07, 6.45) is 2.97. The molecule has 0 aromatic heterocycles. The molecule has 0 saturated carbocycles. The molecule has 1 aromatic rings. The van der Waals surface area contributed by atoms with E-state index in [9.17, 15) is 4.79 Å². The van der Waals surface area contributed by atoms with Gasteiger partial charge in [0.15, 0.2) is 17.3 Å². The third-order valence-corrected chi connectivity index (χ3v) is 2.67. The van der Waals surface area contributed by atoms with Crippen LogP contribution in [0.4, 0.5) is 0 Å². The first-order chi connectivity index (χ1) is 8.12. The van der Waals surface area contributed by atoms with E-state index in [4.69, 9.17) is 32.7 Å². The van der Waals surface area contributed by atoms with Crippen molar-refractivity contribution in [2.75, 3.05) is 20.1 Å². The number of ether oxygens (including phenoxy) is 2. The molecule has 0 spiro atoms. The number of benzene rings is 1. The first-order valence-corrected chi connectivity index (χ1v) is 5.72. The molecule has 5 heteroatoms. The van der Waals surface area contributed by atoms with E-state index < -0.39 is 0 Å². The van der Waals surface area contributed by atoms with Crippen molar-refractivity contribution in [2.45, 2.75) is 0 Å². The Morgan fingerprint density at radius 2 is 1.88 bits per heavy atom. The molecule has 0 unspecified atom stereocenters. The lowest BCUT2D eigenvalue weighted by molar-refractivity contribution is -0.112. The first-order valence-electron chi connectivity index (χ1n) is 4.80. The number of alkyl halides is 1. The number of carbonyl (C=O) groups excluding carboxylic acids is 1. The lowest BCUT2D eigenvalue weighted by Crippen LogP contribution is -1.93. The Morgan fingerprint density at radius 3 is 2.41 bits per heavy atom. The largest absolute Gasteiger partial charge is 0.493 e. The van der Waals surface area contributed by atoms with E-state index in [0.717, 1.165) is 0 Å². The van der Waals surface area contributed by atoms with Gasteiger partial charge < -0.3 is 9.47 Å². The molecule has 1 rings (SSSR count). The van der Waals surface area contributed by atoms with Crippen LogP contribution in [0.3, 0.4) is 0 Å². The van der Waals surface area contributed by atoms with Crippen LogP contribution in [0.15, 0.2) is 18.2 Å². The highest BCUT2D eigenvalue weighted by Crippen LogP contribution is 2.33. The fourth-order valence-electron chi connectivity index (χ4n) is 1.22. The average molecular weight is 275 g/mol. The number of ketones is 1. The lowest BCUT2D eigenvalue weighted by atomic mass is 10.1. The minimum Gasteiger partial charge on any atom is -0.493 e. The van der Waals surface area contributed by atoms with Crippen LogP contribution in [0.2, 0.25) is 5.02 Å². The second-order valence-electron chi connectivity index (χ2n) is 3.16. The van der Waals surface area contributed by atoms with Gasteiger partial charge >= 0.3 is 0 Å². The van der Waals surface area contributed by atoms with Gasteiger partial charge in [0.05, 0.1) is 25.1 Å². The van der Waals surface area contributed by atoms with Crippen molar-refractivity contribution >= 4 is 35.1 Å². The molecule has 0 radical (unpaired) electrons. The van der Waals surface area contributed by atoms with E-state index in [-0.39, 0.29) is 11.7 Å². The Balaban J connectivity index is 3.08. The highest BCUT2D eigenvalue weighted by atomic mass is 35.5. The number of halogens is 2. The van der Waals surface area contributed by atoms with Crippen molar-refractivity contribution < 1.29 is 14.3 Å². The van der Waals surface area contributed by atoms with Crippen LogP contribution in [0.1, 0.15) is 5.56 Å². The van der Waals surface area contributed by atoms with Gasteiger partial charge in [0, 0.05) is 6.07 Å². The first kappa shape index (κ1) is 13.9. The molecular formula is C12H12Cl2O3. The second-order valence-corrected chi connectivity index (χ2v) is 3.84.